The van der Waals surface area contributed by atoms with Crippen molar-refractivity contribution < 1.29 is 9.32 Å². The van der Waals surface area contributed by atoms with E-state index < -0.39 is 0 Å². The summed E-state index contributed by atoms with van der Waals surface area (Å²) in [6.07, 6.45) is 0.221. The molecule has 1 amide bonds. The van der Waals surface area contributed by atoms with Gasteiger partial charge in [-0.2, -0.15) is 0 Å². The van der Waals surface area contributed by atoms with Crippen molar-refractivity contribution in [3.8, 4) is 0 Å². The van der Waals surface area contributed by atoms with Crippen LogP contribution in [0.3, 0.4) is 0 Å². The van der Waals surface area contributed by atoms with Gasteiger partial charge in [0.15, 0.2) is 5.58 Å². The number of thiazole rings is 1. The van der Waals surface area contributed by atoms with Crippen LogP contribution < -0.4 is 0 Å². The van der Waals surface area contributed by atoms with E-state index in [-0.39, 0.29) is 12.3 Å². The third-order valence-corrected chi connectivity index (χ3v) is 4.93. The number of carbonyl (C=O) groups excluding carboxylic acids is 1. The summed E-state index contributed by atoms with van der Waals surface area (Å²) in [7, 11) is 1.79. The number of rotatable bonds is 4. The van der Waals surface area contributed by atoms with Gasteiger partial charge >= 0.3 is 0 Å². The fourth-order valence-corrected chi connectivity index (χ4v) is 3.64. The molecule has 0 saturated heterocycles. The van der Waals surface area contributed by atoms with Crippen molar-refractivity contribution in [2.45, 2.75) is 13.0 Å². The molecule has 0 unspecified atom stereocenters. The average Bonchev–Trinajstić information content (AvgIpc) is 3.18. The predicted octanol–water partition coefficient (Wildman–Crippen LogP) is 3.64. The Balaban J connectivity index is 1.49. The largest absolute Gasteiger partial charge is 0.356 e. The van der Waals surface area contributed by atoms with E-state index in [4.69, 9.17) is 4.52 Å². The first kappa shape index (κ1) is 14.8. The lowest BCUT2D eigenvalue weighted by Crippen LogP contribution is -2.27. The second-order valence-electron chi connectivity index (χ2n) is 5.63. The van der Waals surface area contributed by atoms with Gasteiger partial charge in [-0.25, -0.2) is 4.98 Å². The highest BCUT2D eigenvalue weighted by Crippen LogP contribution is 2.23. The highest BCUT2D eigenvalue weighted by Gasteiger charge is 2.16. The minimum absolute atomic E-state index is 0.00620. The van der Waals surface area contributed by atoms with Crippen LogP contribution >= 0.6 is 11.3 Å². The summed E-state index contributed by atoms with van der Waals surface area (Å²) in [5.74, 6) is -0.00620. The number of amides is 1. The smallest absolute Gasteiger partial charge is 0.228 e. The summed E-state index contributed by atoms with van der Waals surface area (Å²) < 4.78 is 6.39. The second kappa shape index (κ2) is 6.05. The first-order chi connectivity index (χ1) is 11.7. The highest BCUT2D eigenvalue weighted by molar-refractivity contribution is 7.18. The third kappa shape index (κ3) is 2.76. The third-order valence-electron chi connectivity index (χ3n) is 3.91. The lowest BCUT2D eigenvalue weighted by molar-refractivity contribution is -0.129. The summed E-state index contributed by atoms with van der Waals surface area (Å²) in [5.41, 5.74) is 2.35. The van der Waals surface area contributed by atoms with Crippen molar-refractivity contribution in [2.75, 3.05) is 7.05 Å². The average molecular weight is 337 g/mol. The number of carbonyl (C=O) groups is 1. The van der Waals surface area contributed by atoms with E-state index in [1.54, 1.807) is 23.3 Å². The number of likely N-dealkylation sites (N-methyl/N-ethyl adjacent to an activating group) is 1. The van der Waals surface area contributed by atoms with Gasteiger partial charge in [-0.05, 0) is 24.3 Å². The Bertz CT molecular complexity index is 988. The molecule has 0 radical (unpaired) electrons. The van der Waals surface area contributed by atoms with Crippen LogP contribution in [0.15, 0.2) is 53.1 Å². The molecule has 4 aromatic rings. The van der Waals surface area contributed by atoms with Gasteiger partial charge in [0.1, 0.15) is 10.7 Å². The summed E-state index contributed by atoms with van der Waals surface area (Å²) in [4.78, 5) is 18.7. The topological polar surface area (TPSA) is 59.2 Å². The van der Waals surface area contributed by atoms with Gasteiger partial charge in [-0.1, -0.05) is 29.4 Å². The number of para-hydroxylation sites is 2. The molecule has 0 bridgehead atoms. The molecule has 24 heavy (non-hydrogen) atoms. The maximum Gasteiger partial charge on any atom is 0.228 e. The number of nitrogens with zero attached hydrogens (tertiary/aromatic N) is 3. The van der Waals surface area contributed by atoms with E-state index in [1.165, 1.54) is 0 Å². The number of aromatic nitrogens is 2. The molecule has 4 rings (SSSR count). The molecular formula is C18H15N3O2S. The monoisotopic (exact) mass is 337 g/mol. The maximum absolute atomic E-state index is 12.5. The Kier molecular flexibility index (Phi) is 3.74. The quantitative estimate of drug-likeness (QED) is 0.570. The second-order valence-corrected chi connectivity index (χ2v) is 6.74. The van der Waals surface area contributed by atoms with Gasteiger partial charge in [-0.15, -0.1) is 11.3 Å². The van der Waals surface area contributed by atoms with Crippen LogP contribution in [-0.2, 0) is 17.8 Å². The molecular weight excluding hydrogens is 322 g/mol. The molecule has 2 aromatic carbocycles. The van der Waals surface area contributed by atoms with Crippen LogP contribution in [0.2, 0.25) is 0 Å². The van der Waals surface area contributed by atoms with Crippen molar-refractivity contribution in [3.63, 3.8) is 0 Å². The zero-order chi connectivity index (χ0) is 16.5. The van der Waals surface area contributed by atoms with Gasteiger partial charge in [0.25, 0.3) is 0 Å². The summed E-state index contributed by atoms with van der Waals surface area (Å²) >= 11 is 1.61. The Morgan fingerprint density at radius 1 is 1.17 bits per heavy atom. The van der Waals surface area contributed by atoms with E-state index in [0.717, 1.165) is 20.6 Å². The molecule has 0 aliphatic carbocycles. The Labute approximate surface area is 142 Å². The van der Waals surface area contributed by atoms with E-state index >= 15 is 0 Å². The fraction of sp³-hybridized carbons (Fsp3) is 0.167. The van der Waals surface area contributed by atoms with Gasteiger partial charge in [-0.3, -0.25) is 4.79 Å². The highest BCUT2D eigenvalue weighted by atomic mass is 32.1. The summed E-state index contributed by atoms with van der Waals surface area (Å²) in [6, 6.07) is 15.6. The predicted molar refractivity (Wildman–Crippen MR) is 93.8 cm³/mol. The number of hydrogen-bond donors (Lipinski definition) is 0. The van der Waals surface area contributed by atoms with Crippen LogP contribution in [0.4, 0.5) is 0 Å². The molecule has 0 atom stereocenters. The Morgan fingerprint density at radius 3 is 2.83 bits per heavy atom. The van der Waals surface area contributed by atoms with Crippen molar-refractivity contribution >= 4 is 38.4 Å². The van der Waals surface area contributed by atoms with E-state index in [0.29, 0.717) is 17.8 Å². The van der Waals surface area contributed by atoms with E-state index in [9.17, 15) is 4.79 Å². The first-order valence-corrected chi connectivity index (χ1v) is 8.44. The van der Waals surface area contributed by atoms with Gasteiger partial charge < -0.3 is 9.42 Å². The first-order valence-electron chi connectivity index (χ1n) is 7.62. The van der Waals surface area contributed by atoms with Crippen molar-refractivity contribution in [1.29, 1.82) is 0 Å². The van der Waals surface area contributed by atoms with Crippen molar-refractivity contribution in [3.05, 3.63) is 59.2 Å². The Hall–Kier alpha value is -2.73. The number of benzene rings is 2. The van der Waals surface area contributed by atoms with Crippen LogP contribution in [-0.4, -0.2) is 28.0 Å². The molecule has 0 N–H and O–H groups in total. The minimum atomic E-state index is -0.00620. The lowest BCUT2D eigenvalue weighted by atomic mass is 10.1. The van der Waals surface area contributed by atoms with Crippen LogP contribution in [0.1, 0.15) is 10.7 Å². The minimum Gasteiger partial charge on any atom is -0.356 e. The van der Waals surface area contributed by atoms with Crippen LogP contribution in [0.5, 0.6) is 0 Å². The van der Waals surface area contributed by atoms with Gasteiger partial charge in [0.05, 0.1) is 23.2 Å². The summed E-state index contributed by atoms with van der Waals surface area (Å²) in [5, 5.41) is 5.84. The van der Waals surface area contributed by atoms with E-state index in [2.05, 4.69) is 10.1 Å². The molecule has 0 saturated carbocycles. The number of fused-ring (bicyclic) bond motifs is 2. The number of hydrogen-bond acceptors (Lipinski definition) is 5. The summed E-state index contributed by atoms with van der Waals surface area (Å²) in [6.45, 7) is 0.494. The van der Waals surface area contributed by atoms with Crippen molar-refractivity contribution in [2.24, 2.45) is 0 Å². The molecule has 0 aliphatic heterocycles. The molecule has 5 nitrogen and oxygen atoms in total. The maximum atomic E-state index is 12.5. The molecule has 2 aromatic heterocycles. The van der Waals surface area contributed by atoms with Gasteiger partial charge in [0, 0.05) is 12.4 Å². The standard InChI is InChI=1S/C18H15N3O2S/c1-21(11-17-19-13-7-3-5-9-16(13)24-17)18(22)10-14-12-6-2-4-8-15(12)23-20-14/h2-9H,10-11H2,1H3. The fourth-order valence-electron chi connectivity index (χ4n) is 2.62. The molecule has 0 spiro atoms. The molecule has 0 aliphatic rings. The Morgan fingerprint density at radius 2 is 1.96 bits per heavy atom. The normalized spacial score (nSPS) is 11.2. The molecule has 2 heterocycles. The van der Waals surface area contributed by atoms with Gasteiger partial charge in [0.2, 0.25) is 5.91 Å². The SMILES string of the molecule is CN(Cc1nc2ccccc2s1)C(=O)Cc1noc2ccccc12. The molecule has 120 valence electrons. The zero-order valence-electron chi connectivity index (χ0n) is 13.1. The zero-order valence-corrected chi connectivity index (χ0v) is 13.9. The molecule has 6 heteroatoms. The van der Waals surface area contributed by atoms with Crippen LogP contribution in [0, 0.1) is 0 Å². The lowest BCUT2D eigenvalue weighted by Gasteiger charge is -2.14. The molecule has 0 fully saturated rings. The van der Waals surface area contributed by atoms with E-state index in [1.807, 2.05) is 48.5 Å². The van der Waals surface area contributed by atoms with Crippen molar-refractivity contribution in [1.82, 2.24) is 15.0 Å². The van der Waals surface area contributed by atoms with Crippen LogP contribution in [0.25, 0.3) is 21.2 Å².